The van der Waals surface area contributed by atoms with Crippen LogP contribution < -0.4 is 5.32 Å². The van der Waals surface area contributed by atoms with E-state index in [9.17, 15) is 0 Å². The molecule has 5 nitrogen and oxygen atoms in total. The first kappa shape index (κ1) is 19.2. The van der Waals surface area contributed by atoms with Gasteiger partial charge in [0.25, 0.3) is 0 Å². The Morgan fingerprint density at radius 2 is 1.77 bits per heavy atom. The van der Waals surface area contributed by atoms with Crippen LogP contribution >= 0.6 is 12.2 Å². The lowest BCUT2D eigenvalue weighted by Crippen LogP contribution is -2.11. The number of aromatic amines is 1. The molecule has 1 aliphatic carbocycles. The topological polar surface area (TPSA) is 58.5 Å². The van der Waals surface area contributed by atoms with Crippen LogP contribution in [-0.4, -0.2) is 19.5 Å². The van der Waals surface area contributed by atoms with Crippen molar-refractivity contribution in [2.45, 2.75) is 57.5 Å². The Bertz CT molecular complexity index is 1200. The smallest absolute Gasteiger partial charge is 0.178 e. The maximum atomic E-state index is 5.75. The minimum absolute atomic E-state index is 0.474. The molecule has 2 aromatic carbocycles. The van der Waals surface area contributed by atoms with E-state index in [2.05, 4.69) is 61.2 Å². The Hall–Kier alpha value is -2.73. The molecule has 0 aliphatic heterocycles. The fourth-order valence-corrected chi connectivity index (χ4v) is 5.01. The summed E-state index contributed by atoms with van der Waals surface area (Å²) < 4.78 is 3.16. The molecule has 1 saturated carbocycles. The van der Waals surface area contributed by atoms with Crippen LogP contribution in [0.5, 0.6) is 0 Å². The Labute approximate surface area is 181 Å². The minimum Gasteiger partial charge on any atom is -0.365 e. The van der Waals surface area contributed by atoms with Crippen molar-refractivity contribution in [2.24, 2.45) is 0 Å². The van der Waals surface area contributed by atoms with E-state index in [1.807, 2.05) is 6.07 Å². The van der Waals surface area contributed by atoms with E-state index >= 15 is 0 Å². The van der Waals surface area contributed by atoms with Crippen LogP contribution in [-0.2, 0) is 6.54 Å². The normalized spacial score (nSPS) is 15.9. The number of benzene rings is 2. The lowest BCUT2D eigenvalue weighted by molar-refractivity contribution is 0.376. The summed E-state index contributed by atoms with van der Waals surface area (Å²) in [6, 6.07) is 15.2. The van der Waals surface area contributed by atoms with Crippen LogP contribution in [0.25, 0.3) is 21.9 Å². The summed E-state index contributed by atoms with van der Waals surface area (Å²) in [6.07, 6.45) is 10.6. The summed E-state index contributed by atoms with van der Waals surface area (Å²) in [5.74, 6) is 0.851. The quantitative estimate of drug-likeness (QED) is 0.370. The van der Waals surface area contributed by atoms with Crippen molar-refractivity contribution in [3.05, 3.63) is 59.1 Å². The Balaban J connectivity index is 1.52. The van der Waals surface area contributed by atoms with Gasteiger partial charge in [-0.25, -0.2) is 9.97 Å². The van der Waals surface area contributed by atoms with E-state index in [0.29, 0.717) is 6.04 Å². The molecule has 0 saturated heterocycles. The fourth-order valence-electron chi connectivity index (χ4n) is 4.65. The molecule has 0 amide bonds. The molecule has 0 radical (unpaired) electrons. The van der Waals surface area contributed by atoms with Crippen molar-refractivity contribution in [1.82, 2.24) is 19.5 Å². The Morgan fingerprint density at radius 3 is 2.57 bits per heavy atom. The van der Waals surface area contributed by atoms with Crippen molar-refractivity contribution >= 4 is 40.0 Å². The molecule has 0 atom stereocenters. The molecule has 1 aliphatic rings. The highest BCUT2D eigenvalue weighted by molar-refractivity contribution is 7.71. The Kier molecular flexibility index (Phi) is 5.49. The van der Waals surface area contributed by atoms with Crippen LogP contribution in [0.2, 0.25) is 0 Å². The number of imidazole rings is 1. The van der Waals surface area contributed by atoms with Crippen LogP contribution in [0, 0.1) is 4.77 Å². The zero-order valence-corrected chi connectivity index (χ0v) is 17.9. The van der Waals surface area contributed by atoms with Crippen molar-refractivity contribution in [3.8, 4) is 0 Å². The maximum absolute atomic E-state index is 5.75. The van der Waals surface area contributed by atoms with Gasteiger partial charge in [0, 0.05) is 18.0 Å². The van der Waals surface area contributed by atoms with Crippen molar-refractivity contribution in [3.63, 3.8) is 0 Å². The summed E-state index contributed by atoms with van der Waals surface area (Å²) in [7, 11) is 0. The third-order valence-corrected chi connectivity index (χ3v) is 6.51. The highest BCUT2D eigenvalue weighted by Gasteiger charge is 2.18. The van der Waals surface area contributed by atoms with Gasteiger partial charge in [-0.05, 0) is 42.8 Å². The highest BCUT2D eigenvalue weighted by Crippen LogP contribution is 2.32. The van der Waals surface area contributed by atoms with Gasteiger partial charge in [0.2, 0.25) is 0 Å². The molecule has 0 bridgehead atoms. The molecule has 0 spiro atoms. The minimum atomic E-state index is 0.474. The van der Waals surface area contributed by atoms with Gasteiger partial charge in [0.05, 0.1) is 16.6 Å². The van der Waals surface area contributed by atoms with E-state index in [1.54, 1.807) is 6.33 Å². The molecular weight excluding hydrogens is 390 g/mol. The second kappa shape index (κ2) is 8.56. The van der Waals surface area contributed by atoms with Gasteiger partial charge < -0.3 is 14.9 Å². The summed E-state index contributed by atoms with van der Waals surface area (Å²) in [6.45, 7) is 0.726. The monoisotopic (exact) mass is 417 g/mol. The molecular formula is C24H27N5S. The molecule has 2 aromatic heterocycles. The van der Waals surface area contributed by atoms with E-state index in [1.165, 1.54) is 50.5 Å². The van der Waals surface area contributed by atoms with Gasteiger partial charge in [-0.15, -0.1) is 0 Å². The standard InChI is InChI=1S/C24H27N5S/c30-24-28-21-13-19-20(14-22(21)29(24)18-11-7-2-1-3-8-12-18)26-16-27-23(19)25-15-17-9-5-4-6-10-17/h4-6,9-10,13-14,16,18H,1-3,7-8,11-12,15H2,(H,28,30)(H,25,26,27). The van der Waals surface area contributed by atoms with Crippen molar-refractivity contribution in [1.29, 1.82) is 0 Å². The largest absolute Gasteiger partial charge is 0.365 e. The molecule has 30 heavy (non-hydrogen) atoms. The van der Waals surface area contributed by atoms with Crippen LogP contribution in [0.3, 0.4) is 0 Å². The van der Waals surface area contributed by atoms with Crippen LogP contribution in [0.4, 0.5) is 5.82 Å². The second-order valence-electron chi connectivity index (χ2n) is 8.25. The van der Waals surface area contributed by atoms with E-state index in [4.69, 9.17) is 12.2 Å². The predicted octanol–water partition coefficient (Wildman–Crippen LogP) is 6.54. The summed E-state index contributed by atoms with van der Waals surface area (Å²) >= 11 is 5.75. The molecule has 6 heteroatoms. The first-order valence-electron chi connectivity index (χ1n) is 11.0. The lowest BCUT2D eigenvalue weighted by Gasteiger charge is -2.22. The highest BCUT2D eigenvalue weighted by atomic mass is 32.1. The number of nitrogens with one attached hydrogen (secondary N) is 2. The average Bonchev–Trinajstić information content (AvgIpc) is 3.06. The summed E-state index contributed by atoms with van der Waals surface area (Å²) in [5, 5.41) is 4.49. The maximum Gasteiger partial charge on any atom is 0.178 e. The number of hydrogen-bond acceptors (Lipinski definition) is 4. The molecule has 1 fully saturated rings. The molecule has 154 valence electrons. The molecule has 4 aromatic rings. The second-order valence-corrected chi connectivity index (χ2v) is 8.63. The van der Waals surface area contributed by atoms with Crippen LogP contribution in [0.1, 0.15) is 56.6 Å². The van der Waals surface area contributed by atoms with Gasteiger partial charge in [0.1, 0.15) is 12.1 Å². The van der Waals surface area contributed by atoms with Crippen molar-refractivity contribution in [2.75, 3.05) is 5.32 Å². The van der Waals surface area contributed by atoms with E-state index < -0.39 is 0 Å². The van der Waals surface area contributed by atoms with Crippen LogP contribution in [0.15, 0.2) is 48.8 Å². The molecule has 5 rings (SSSR count). The van der Waals surface area contributed by atoms with Crippen molar-refractivity contribution < 1.29 is 0 Å². The van der Waals surface area contributed by atoms with E-state index in [-0.39, 0.29) is 0 Å². The third-order valence-electron chi connectivity index (χ3n) is 6.22. The van der Waals surface area contributed by atoms with Gasteiger partial charge in [0.15, 0.2) is 4.77 Å². The fraction of sp³-hybridized carbons (Fsp3) is 0.375. The number of nitrogens with zero attached hydrogens (tertiary/aromatic N) is 3. The summed E-state index contributed by atoms with van der Waals surface area (Å²) in [4.78, 5) is 12.5. The zero-order chi connectivity index (χ0) is 20.3. The molecule has 2 N–H and O–H groups in total. The molecule has 2 heterocycles. The number of hydrogen-bond donors (Lipinski definition) is 2. The number of rotatable bonds is 4. The first-order chi connectivity index (χ1) is 14.8. The SMILES string of the molecule is S=c1[nH]c2cc3c(NCc4ccccc4)ncnc3cc2n1C1CCCCCCC1. The molecule has 0 unspecified atom stereocenters. The third kappa shape index (κ3) is 3.84. The number of fused-ring (bicyclic) bond motifs is 2. The van der Waals surface area contributed by atoms with Gasteiger partial charge >= 0.3 is 0 Å². The first-order valence-corrected chi connectivity index (χ1v) is 11.4. The van der Waals surface area contributed by atoms with E-state index in [0.717, 1.165) is 39.1 Å². The number of aromatic nitrogens is 4. The zero-order valence-electron chi connectivity index (χ0n) is 17.1. The predicted molar refractivity (Wildman–Crippen MR) is 125 cm³/mol. The Morgan fingerprint density at radius 1 is 1.00 bits per heavy atom. The van der Waals surface area contributed by atoms with Gasteiger partial charge in [-0.3, -0.25) is 0 Å². The lowest BCUT2D eigenvalue weighted by atomic mass is 9.96. The van der Waals surface area contributed by atoms with Gasteiger partial charge in [-0.1, -0.05) is 62.4 Å². The number of anilines is 1. The average molecular weight is 418 g/mol. The van der Waals surface area contributed by atoms with Gasteiger partial charge in [-0.2, -0.15) is 0 Å². The number of H-pyrrole nitrogens is 1. The summed E-state index contributed by atoms with van der Waals surface area (Å²) in [5.41, 5.74) is 4.39.